The lowest BCUT2D eigenvalue weighted by Crippen LogP contribution is -2.40. The third kappa shape index (κ3) is 2.39. The Labute approximate surface area is 108 Å². The Bertz CT molecular complexity index is 582. The monoisotopic (exact) mass is 262 g/mol. The molecule has 19 heavy (non-hydrogen) atoms. The normalized spacial score (nSPS) is 17.0. The number of amides is 2. The molecule has 2 rings (SSSR count). The molecule has 3 N–H and O–H groups in total. The number of nitriles is 1. The van der Waals surface area contributed by atoms with E-state index in [9.17, 15) is 14.0 Å². The molecule has 0 aliphatic carbocycles. The quantitative estimate of drug-likeness (QED) is 0.737. The van der Waals surface area contributed by atoms with Gasteiger partial charge in [0.25, 0.3) is 0 Å². The number of fused-ring (bicyclic) bond motifs is 1. The van der Waals surface area contributed by atoms with E-state index in [1.807, 2.05) is 0 Å². The minimum atomic E-state index is -0.889. The van der Waals surface area contributed by atoms with Crippen molar-refractivity contribution in [2.24, 2.45) is 5.73 Å². The number of halogens is 1. The lowest BCUT2D eigenvalue weighted by atomic mass is 10.1. The number of nitrogens with two attached hydrogens (primary N) is 1. The van der Waals surface area contributed by atoms with Crippen LogP contribution in [0.3, 0.4) is 0 Å². The molecule has 0 aromatic heterocycles. The molecular formula is C12H11FN4O2. The van der Waals surface area contributed by atoms with Gasteiger partial charge in [0.05, 0.1) is 11.8 Å². The average molecular weight is 262 g/mol. The molecule has 1 unspecified atom stereocenters. The largest absolute Gasteiger partial charge is 0.341 e. The minimum absolute atomic E-state index is 0.150. The molecule has 2 amide bonds. The zero-order valence-corrected chi connectivity index (χ0v) is 9.89. The molecule has 1 heterocycles. The number of hydrogen-bond donors (Lipinski definition) is 2. The van der Waals surface area contributed by atoms with E-state index >= 15 is 0 Å². The fourth-order valence-electron chi connectivity index (χ4n) is 1.93. The molecule has 6 nitrogen and oxygen atoms in total. The van der Waals surface area contributed by atoms with Gasteiger partial charge in [-0.05, 0) is 12.1 Å². The maximum absolute atomic E-state index is 13.2. The Hall–Kier alpha value is -2.46. The third-order valence-corrected chi connectivity index (χ3v) is 2.82. The summed E-state index contributed by atoms with van der Waals surface area (Å²) in [5.41, 5.74) is 6.49. The summed E-state index contributed by atoms with van der Waals surface area (Å²) in [5, 5.41) is 10.7. The summed E-state index contributed by atoms with van der Waals surface area (Å²) in [6.45, 7) is -0.437. The van der Waals surface area contributed by atoms with Crippen molar-refractivity contribution in [2.75, 3.05) is 18.0 Å². The zero-order valence-electron chi connectivity index (χ0n) is 9.89. The van der Waals surface area contributed by atoms with E-state index in [0.717, 1.165) is 11.0 Å². The second-order valence-electron chi connectivity index (χ2n) is 4.04. The summed E-state index contributed by atoms with van der Waals surface area (Å²) < 4.78 is 13.2. The van der Waals surface area contributed by atoms with E-state index in [0.29, 0.717) is 11.3 Å². The van der Waals surface area contributed by atoms with Crippen LogP contribution in [-0.2, 0) is 9.59 Å². The van der Waals surface area contributed by atoms with E-state index < -0.39 is 23.7 Å². The first-order valence-electron chi connectivity index (χ1n) is 5.54. The summed E-state index contributed by atoms with van der Waals surface area (Å²) in [6, 6.07) is 4.67. The Kier molecular flexibility index (Phi) is 3.44. The fourth-order valence-corrected chi connectivity index (χ4v) is 1.93. The van der Waals surface area contributed by atoms with Crippen molar-refractivity contribution in [3.8, 4) is 6.07 Å². The molecule has 1 aliphatic heterocycles. The van der Waals surface area contributed by atoms with Crippen LogP contribution in [0.5, 0.6) is 0 Å². The van der Waals surface area contributed by atoms with Crippen LogP contribution in [0.15, 0.2) is 18.2 Å². The van der Waals surface area contributed by atoms with Crippen LogP contribution in [0.2, 0.25) is 0 Å². The van der Waals surface area contributed by atoms with Crippen LogP contribution in [0.25, 0.3) is 0 Å². The van der Waals surface area contributed by atoms with E-state index in [1.165, 1.54) is 12.1 Å². The number of rotatable bonds is 3. The summed E-state index contributed by atoms with van der Waals surface area (Å²) >= 11 is 0. The number of anilines is 1. The Morgan fingerprint density at radius 2 is 2.32 bits per heavy atom. The molecule has 1 atom stereocenters. The van der Waals surface area contributed by atoms with Crippen LogP contribution in [0.4, 0.5) is 10.1 Å². The number of nitrogens with one attached hydrogen (secondary N) is 1. The van der Waals surface area contributed by atoms with Gasteiger partial charge < -0.3 is 16.0 Å². The summed E-state index contributed by atoms with van der Waals surface area (Å²) in [5.74, 6) is -1.48. The SMILES string of the molecule is N#CCNC(=O)CN1C(=O)C(N)c2ccc(F)cc21. The van der Waals surface area contributed by atoms with Crippen LogP contribution in [0.1, 0.15) is 11.6 Å². The first-order valence-corrected chi connectivity index (χ1v) is 5.54. The highest BCUT2D eigenvalue weighted by molar-refractivity contribution is 6.07. The molecule has 0 radical (unpaired) electrons. The van der Waals surface area contributed by atoms with Crippen molar-refractivity contribution in [3.63, 3.8) is 0 Å². The summed E-state index contributed by atoms with van der Waals surface area (Å²) in [6.07, 6.45) is 0. The lowest BCUT2D eigenvalue weighted by molar-refractivity contribution is -0.123. The Morgan fingerprint density at radius 3 is 3.00 bits per heavy atom. The number of nitrogens with zero attached hydrogens (tertiary/aromatic N) is 2. The summed E-state index contributed by atoms with van der Waals surface area (Å²) in [7, 11) is 0. The van der Waals surface area contributed by atoms with Gasteiger partial charge in [-0.3, -0.25) is 9.59 Å². The molecule has 0 saturated carbocycles. The molecule has 1 aromatic carbocycles. The highest BCUT2D eigenvalue weighted by Gasteiger charge is 2.35. The van der Waals surface area contributed by atoms with E-state index in [-0.39, 0.29) is 13.1 Å². The van der Waals surface area contributed by atoms with Gasteiger partial charge in [-0.25, -0.2) is 4.39 Å². The van der Waals surface area contributed by atoms with Crippen molar-refractivity contribution in [2.45, 2.75) is 6.04 Å². The van der Waals surface area contributed by atoms with E-state index in [2.05, 4.69) is 5.32 Å². The van der Waals surface area contributed by atoms with Crippen molar-refractivity contribution in [3.05, 3.63) is 29.6 Å². The first kappa shape index (κ1) is 13.0. The second-order valence-corrected chi connectivity index (χ2v) is 4.04. The van der Waals surface area contributed by atoms with Gasteiger partial charge >= 0.3 is 0 Å². The van der Waals surface area contributed by atoms with Gasteiger partial charge in [0, 0.05) is 5.56 Å². The Balaban J connectivity index is 2.23. The van der Waals surface area contributed by atoms with Crippen LogP contribution in [0, 0.1) is 17.1 Å². The molecule has 1 aromatic rings. The second kappa shape index (κ2) is 5.04. The molecule has 0 fully saturated rings. The van der Waals surface area contributed by atoms with Gasteiger partial charge in [0.15, 0.2) is 0 Å². The number of hydrogen-bond acceptors (Lipinski definition) is 4. The average Bonchev–Trinajstić information content (AvgIpc) is 2.61. The minimum Gasteiger partial charge on any atom is -0.341 e. The van der Waals surface area contributed by atoms with Gasteiger partial charge in [-0.15, -0.1) is 0 Å². The van der Waals surface area contributed by atoms with Crippen molar-refractivity contribution in [1.29, 1.82) is 5.26 Å². The number of carbonyl (C=O) groups excluding carboxylic acids is 2. The van der Waals surface area contributed by atoms with Crippen LogP contribution < -0.4 is 16.0 Å². The molecule has 98 valence electrons. The first-order chi connectivity index (χ1) is 9.04. The summed E-state index contributed by atoms with van der Waals surface area (Å²) in [4.78, 5) is 24.6. The van der Waals surface area contributed by atoms with Crippen LogP contribution >= 0.6 is 0 Å². The highest BCUT2D eigenvalue weighted by atomic mass is 19.1. The fraction of sp³-hybridized carbons (Fsp3) is 0.250. The van der Waals surface area contributed by atoms with E-state index in [1.54, 1.807) is 6.07 Å². The number of carbonyl (C=O) groups is 2. The maximum Gasteiger partial charge on any atom is 0.249 e. The van der Waals surface area contributed by atoms with Crippen molar-refractivity contribution < 1.29 is 14.0 Å². The number of benzene rings is 1. The van der Waals surface area contributed by atoms with Gasteiger partial charge in [0.1, 0.15) is 24.9 Å². The predicted octanol–water partition coefficient (Wildman–Crippen LogP) is -0.188. The van der Waals surface area contributed by atoms with E-state index in [4.69, 9.17) is 11.0 Å². The third-order valence-electron chi connectivity index (χ3n) is 2.82. The molecule has 1 aliphatic rings. The van der Waals surface area contributed by atoms with Crippen molar-refractivity contribution >= 4 is 17.5 Å². The molecule has 0 spiro atoms. The molecule has 0 saturated heterocycles. The lowest BCUT2D eigenvalue weighted by Gasteiger charge is -2.16. The van der Waals surface area contributed by atoms with Gasteiger partial charge in [-0.1, -0.05) is 6.07 Å². The predicted molar refractivity (Wildman–Crippen MR) is 64.3 cm³/mol. The Morgan fingerprint density at radius 1 is 1.58 bits per heavy atom. The topological polar surface area (TPSA) is 99.2 Å². The van der Waals surface area contributed by atoms with Crippen molar-refractivity contribution in [1.82, 2.24) is 5.32 Å². The standard InChI is InChI=1S/C12H11FN4O2/c13-7-1-2-8-9(5-7)17(12(19)11(8)15)6-10(18)16-4-3-14/h1-2,5,11H,4,6,15H2,(H,16,18). The van der Waals surface area contributed by atoms with Gasteiger partial charge in [0.2, 0.25) is 11.8 Å². The van der Waals surface area contributed by atoms with Crippen LogP contribution in [-0.4, -0.2) is 24.9 Å². The highest BCUT2D eigenvalue weighted by Crippen LogP contribution is 2.34. The smallest absolute Gasteiger partial charge is 0.249 e. The molecule has 7 heteroatoms. The molecular weight excluding hydrogens is 251 g/mol. The maximum atomic E-state index is 13.2. The van der Waals surface area contributed by atoms with Gasteiger partial charge in [-0.2, -0.15) is 5.26 Å². The zero-order chi connectivity index (χ0) is 14.0. The molecule has 0 bridgehead atoms.